The second-order valence-corrected chi connectivity index (χ2v) is 14.1. The molecule has 44 heavy (non-hydrogen) atoms. The maximum Gasteiger partial charge on any atom is 0.339 e. The van der Waals surface area contributed by atoms with Crippen LogP contribution in [0.15, 0.2) is 72.8 Å². The average Bonchev–Trinajstić information content (AvgIpc) is 3.64. The van der Waals surface area contributed by atoms with Gasteiger partial charge in [-0.15, -0.1) is 0 Å². The van der Waals surface area contributed by atoms with Gasteiger partial charge >= 0.3 is 5.97 Å². The highest BCUT2D eigenvalue weighted by molar-refractivity contribution is 9.12. The van der Waals surface area contributed by atoms with Crippen LogP contribution in [0.25, 0.3) is 22.2 Å². The summed E-state index contributed by atoms with van der Waals surface area (Å²) in [6, 6.07) is 21.5. The fourth-order valence-electron chi connectivity index (χ4n) is 7.12. The number of hydrogen-bond donors (Lipinski definition) is 0. The Labute approximate surface area is 271 Å². The van der Waals surface area contributed by atoms with Crippen LogP contribution in [-0.4, -0.2) is 44.8 Å². The van der Waals surface area contributed by atoms with Gasteiger partial charge in [0.25, 0.3) is 0 Å². The number of para-hydroxylation sites is 1. The van der Waals surface area contributed by atoms with E-state index in [2.05, 4.69) is 31.9 Å². The number of halogens is 2. The molecule has 7 rings (SSSR count). The van der Waals surface area contributed by atoms with Crippen LogP contribution < -0.4 is 4.90 Å². The molecule has 6 unspecified atom stereocenters. The molecule has 4 aromatic rings. The fraction of sp³-hybridized carbons (Fsp3) is 0.286. The Kier molecular flexibility index (Phi) is 7.28. The molecular formula is C35H28Br2N2O5. The molecule has 1 saturated heterocycles. The van der Waals surface area contributed by atoms with Crippen molar-refractivity contribution in [2.45, 2.75) is 29.9 Å². The minimum atomic E-state index is -0.619. The van der Waals surface area contributed by atoms with Crippen molar-refractivity contribution in [2.75, 3.05) is 11.5 Å². The number of carbonyl (C=O) groups excluding carboxylic acids is 4. The van der Waals surface area contributed by atoms with Gasteiger partial charge in [-0.3, -0.25) is 19.3 Å². The minimum absolute atomic E-state index is 0.131. The first-order chi connectivity index (χ1) is 21.1. The molecule has 0 spiro atoms. The minimum Gasteiger partial charge on any atom is -0.454 e. The van der Waals surface area contributed by atoms with E-state index in [9.17, 15) is 19.2 Å². The number of aromatic nitrogens is 1. The van der Waals surface area contributed by atoms with Gasteiger partial charge in [0, 0.05) is 26.2 Å². The summed E-state index contributed by atoms with van der Waals surface area (Å²) in [4.78, 5) is 59.6. The number of fused-ring (bicyclic) bond motifs is 6. The third-order valence-corrected chi connectivity index (χ3v) is 12.6. The van der Waals surface area contributed by atoms with Crippen LogP contribution in [0.3, 0.4) is 0 Å². The number of Topliss-reactive ketones (excluding diaryl/α,β-unsaturated/α-hetero) is 1. The van der Waals surface area contributed by atoms with Crippen LogP contribution in [0.5, 0.6) is 0 Å². The van der Waals surface area contributed by atoms with Crippen molar-refractivity contribution in [2.24, 2.45) is 23.7 Å². The number of carbonyl (C=O) groups is 4. The molecule has 1 aromatic heterocycles. The van der Waals surface area contributed by atoms with Gasteiger partial charge in [-0.1, -0.05) is 92.0 Å². The van der Waals surface area contributed by atoms with Gasteiger partial charge in [-0.2, -0.15) is 0 Å². The zero-order valence-corrected chi connectivity index (χ0v) is 27.2. The second-order valence-electron chi connectivity index (χ2n) is 12.0. The monoisotopic (exact) mass is 714 g/mol. The van der Waals surface area contributed by atoms with E-state index in [1.807, 2.05) is 56.3 Å². The summed E-state index contributed by atoms with van der Waals surface area (Å²) in [6.07, 6.45) is 0.878. The lowest BCUT2D eigenvalue weighted by Crippen LogP contribution is -2.37. The molecule has 3 fully saturated rings. The van der Waals surface area contributed by atoms with E-state index in [4.69, 9.17) is 9.72 Å². The summed E-state index contributed by atoms with van der Waals surface area (Å²) in [5, 5.41) is 0.628. The Morgan fingerprint density at radius 3 is 2.16 bits per heavy atom. The number of rotatable bonds is 6. The number of aryl methyl sites for hydroxylation is 2. The van der Waals surface area contributed by atoms with Gasteiger partial charge in [-0.05, 0) is 55.9 Å². The standard InChI is InChI=1S/C35H28Br2N2O5/c1-17-6-8-20(9-7-17)27(40)16-44-35(43)23-15-26(38-32-18(2)4-3-5-22(23)32)19-10-12-21(13-11-19)39-33(41)28-24-14-25(29(28)34(39)42)31(37)30(24)36/h3-13,15,24-25,28-31H,14,16H2,1-2H3. The molecule has 2 aliphatic carbocycles. The molecule has 9 heteroatoms. The number of alkyl halides is 2. The molecule has 0 radical (unpaired) electrons. The molecular weight excluding hydrogens is 688 g/mol. The summed E-state index contributed by atoms with van der Waals surface area (Å²) < 4.78 is 5.49. The number of benzene rings is 3. The predicted molar refractivity (Wildman–Crippen MR) is 174 cm³/mol. The van der Waals surface area contributed by atoms with E-state index in [-0.39, 0.29) is 57.5 Å². The second kappa shape index (κ2) is 11.0. The Balaban J connectivity index is 1.16. The molecule has 3 aliphatic rings. The lowest BCUT2D eigenvalue weighted by Gasteiger charge is -2.28. The van der Waals surface area contributed by atoms with Gasteiger partial charge in [0.05, 0.1) is 34.3 Å². The molecule has 6 atom stereocenters. The van der Waals surface area contributed by atoms with E-state index in [0.29, 0.717) is 39.0 Å². The highest BCUT2D eigenvalue weighted by atomic mass is 79.9. The van der Waals surface area contributed by atoms with Crippen molar-refractivity contribution in [3.05, 3.63) is 95.1 Å². The summed E-state index contributed by atoms with van der Waals surface area (Å²) in [6.45, 7) is 3.48. The van der Waals surface area contributed by atoms with Crippen molar-refractivity contribution >= 4 is 72.0 Å². The summed E-state index contributed by atoms with van der Waals surface area (Å²) >= 11 is 7.48. The smallest absolute Gasteiger partial charge is 0.339 e. The van der Waals surface area contributed by atoms with Crippen LogP contribution in [0, 0.1) is 37.5 Å². The molecule has 7 nitrogen and oxygen atoms in total. The SMILES string of the molecule is Cc1ccc(C(=O)COC(=O)c2cc(-c3ccc(N4C(=O)C5C6CC(C(Br)C6Br)C5C4=O)cc3)nc3c(C)cccc23)cc1. The van der Waals surface area contributed by atoms with Gasteiger partial charge < -0.3 is 4.74 Å². The van der Waals surface area contributed by atoms with Crippen LogP contribution in [0.4, 0.5) is 5.69 Å². The van der Waals surface area contributed by atoms with Crippen molar-refractivity contribution < 1.29 is 23.9 Å². The number of nitrogens with zero attached hydrogens (tertiary/aromatic N) is 2. The maximum absolute atomic E-state index is 13.5. The highest BCUT2D eigenvalue weighted by Crippen LogP contribution is 2.60. The fourth-order valence-corrected chi connectivity index (χ4v) is 9.00. The van der Waals surface area contributed by atoms with Gasteiger partial charge in [0.2, 0.25) is 11.8 Å². The number of esters is 1. The summed E-state index contributed by atoms with van der Waals surface area (Å²) in [7, 11) is 0. The first-order valence-electron chi connectivity index (χ1n) is 14.6. The third kappa shape index (κ3) is 4.63. The zero-order chi connectivity index (χ0) is 30.9. The van der Waals surface area contributed by atoms with Crippen molar-refractivity contribution in [3.63, 3.8) is 0 Å². The summed E-state index contributed by atoms with van der Waals surface area (Å²) in [5.74, 6) is -1.46. The molecule has 1 aliphatic heterocycles. The topological polar surface area (TPSA) is 93.6 Å². The number of ketones is 1. The van der Waals surface area contributed by atoms with Crippen molar-refractivity contribution in [1.29, 1.82) is 0 Å². The molecule has 3 aromatic carbocycles. The van der Waals surface area contributed by atoms with E-state index in [1.54, 1.807) is 30.3 Å². The number of amides is 2. The molecule has 0 N–H and O–H groups in total. The first kappa shape index (κ1) is 29.0. The predicted octanol–water partition coefficient (Wildman–Crippen LogP) is 6.84. The van der Waals surface area contributed by atoms with Crippen LogP contribution in [0.1, 0.15) is 38.3 Å². The van der Waals surface area contributed by atoms with E-state index >= 15 is 0 Å². The molecule has 2 amide bonds. The Morgan fingerprint density at radius 2 is 1.52 bits per heavy atom. The quantitative estimate of drug-likeness (QED) is 0.0940. The number of hydrogen-bond acceptors (Lipinski definition) is 6. The highest BCUT2D eigenvalue weighted by Gasteiger charge is 2.66. The Morgan fingerprint density at radius 1 is 0.886 bits per heavy atom. The van der Waals surface area contributed by atoms with E-state index in [0.717, 1.165) is 17.5 Å². The van der Waals surface area contributed by atoms with E-state index < -0.39 is 5.97 Å². The van der Waals surface area contributed by atoms with Crippen LogP contribution in [0.2, 0.25) is 0 Å². The first-order valence-corrected chi connectivity index (χ1v) is 16.4. The summed E-state index contributed by atoms with van der Waals surface area (Å²) in [5.41, 5.74) is 5.12. The number of imide groups is 1. The molecule has 222 valence electrons. The lowest BCUT2D eigenvalue weighted by molar-refractivity contribution is -0.123. The van der Waals surface area contributed by atoms with Gasteiger partial charge in [0.1, 0.15) is 0 Å². The number of ether oxygens (including phenoxy) is 1. The molecule has 2 saturated carbocycles. The Hall–Kier alpha value is -3.69. The van der Waals surface area contributed by atoms with Crippen LogP contribution >= 0.6 is 31.9 Å². The van der Waals surface area contributed by atoms with Crippen molar-refractivity contribution in [1.82, 2.24) is 4.98 Å². The third-order valence-electron chi connectivity index (χ3n) is 9.38. The number of anilines is 1. The van der Waals surface area contributed by atoms with Crippen molar-refractivity contribution in [3.8, 4) is 11.3 Å². The Bertz CT molecular complexity index is 1820. The lowest BCUT2D eigenvalue weighted by atomic mass is 9.81. The molecule has 2 heterocycles. The van der Waals surface area contributed by atoms with Gasteiger partial charge in [-0.25, -0.2) is 9.78 Å². The maximum atomic E-state index is 13.5. The number of pyridine rings is 1. The van der Waals surface area contributed by atoms with E-state index in [1.165, 1.54) is 4.90 Å². The zero-order valence-electron chi connectivity index (χ0n) is 24.0. The molecule has 2 bridgehead atoms. The largest absolute Gasteiger partial charge is 0.454 e. The van der Waals surface area contributed by atoms with Gasteiger partial charge in [0.15, 0.2) is 12.4 Å². The normalized spacial score (nSPS) is 25.5. The average molecular weight is 716 g/mol. The van der Waals surface area contributed by atoms with Crippen LogP contribution in [-0.2, 0) is 14.3 Å².